The summed E-state index contributed by atoms with van der Waals surface area (Å²) in [6, 6.07) is 5.87. The van der Waals surface area contributed by atoms with Gasteiger partial charge in [-0.2, -0.15) is 0 Å². The number of ether oxygens (including phenoxy) is 2. The van der Waals surface area contributed by atoms with E-state index in [0.29, 0.717) is 12.6 Å². The molecule has 0 amide bonds. The Morgan fingerprint density at radius 3 is 2.85 bits per heavy atom. The number of aromatic nitrogens is 2. The van der Waals surface area contributed by atoms with Crippen LogP contribution in [0.1, 0.15) is 29.5 Å². The SMILES string of the molecule is OCc1ccc2c(c1)CN(Cc1cnc(NC[C@@H]3CCCO3)nc1)CCO2. The Kier molecular flexibility index (Phi) is 5.81. The van der Waals surface area contributed by atoms with Crippen LogP contribution in [0.15, 0.2) is 30.6 Å². The number of hydrogen-bond donors (Lipinski definition) is 2. The van der Waals surface area contributed by atoms with Crippen molar-refractivity contribution in [2.24, 2.45) is 0 Å². The third-order valence-corrected chi connectivity index (χ3v) is 4.99. The highest BCUT2D eigenvalue weighted by Crippen LogP contribution is 2.25. The number of rotatable bonds is 6. The highest BCUT2D eigenvalue weighted by Gasteiger charge is 2.17. The zero-order chi connectivity index (χ0) is 18.5. The Morgan fingerprint density at radius 2 is 2.07 bits per heavy atom. The van der Waals surface area contributed by atoms with E-state index in [1.807, 2.05) is 30.6 Å². The van der Waals surface area contributed by atoms with E-state index in [1.54, 1.807) is 0 Å². The molecule has 7 heteroatoms. The second-order valence-corrected chi connectivity index (χ2v) is 7.09. The lowest BCUT2D eigenvalue weighted by molar-refractivity contribution is 0.120. The van der Waals surface area contributed by atoms with Crippen LogP contribution in [-0.4, -0.2) is 52.4 Å². The molecular formula is C20H26N4O3. The number of benzene rings is 1. The Hall–Kier alpha value is -2.22. The molecule has 2 aromatic rings. The van der Waals surface area contributed by atoms with Crippen molar-refractivity contribution < 1.29 is 14.6 Å². The minimum atomic E-state index is 0.0431. The van der Waals surface area contributed by atoms with E-state index in [0.717, 1.165) is 68.1 Å². The fraction of sp³-hybridized carbons (Fsp3) is 0.500. The lowest BCUT2D eigenvalue weighted by Gasteiger charge is -2.19. The summed E-state index contributed by atoms with van der Waals surface area (Å²) in [7, 11) is 0. The summed E-state index contributed by atoms with van der Waals surface area (Å²) in [6.45, 7) is 4.68. The summed E-state index contributed by atoms with van der Waals surface area (Å²) in [5, 5.41) is 12.6. The minimum Gasteiger partial charge on any atom is -0.492 e. The van der Waals surface area contributed by atoms with Crippen LogP contribution in [0.4, 0.5) is 5.95 Å². The summed E-state index contributed by atoms with van der Waals surface area (Å²) < 4.78 is 11.4. The molecule has 0 saturated carbocycles. The number of aliphatic hydroxyl groups is 1. The number of anilines is 1. The molecule has 3 heterocycles. The van der Waals surface area contributed by atoms with Gasteiger partial charge in [-0.1, -0.05) is 6.07 Å². The lowest BCUT2D eigenvalue weighted by Crippen LogP contribution is -2.25. The van der Waals surface area contributed by atoms with E-state index in [-0.39, 0.29) is 12.7 Å². The van der Waals surface area contributed by atoms with Gasteiger partial charge in [0.15, 0.2) is 0 Å². The van der Waals surface area contributed by atoms with Crippen LogP contribution >= 0.6 is 0 Å². The van der Waals surface area contributed by atoms with Crippen molar-refractivity contribution in [3.05, 3.63) is 47.3 Å². The molecule has 1 saturated heterocycles. The number of fused-ring (bicyclic) bond motifs is 1. The van der Waals surface area contributed by atoms with Crippen LogP contribution in [0.3, 0.4) is 0 Å². The standard InChI is InChI=1S/C20H26N4O3/c25-14-15-3-4-19-17(8-15)13-24(5-7-27-19)12-16-9-21-20(22-10-16)23-11-18-2-1-6-26-18/h3-4,8-10,18,25H,1-2,5-7,11-14H2,(H,21,22,23)/t18-/m0/s1. The fourth-order valence-electron chi connectivity index (χ4n) is 3.53. The van der Waals surface area contributed by atoms with Crippen molar-refractivity contribution in [2.45, 2.75) is 38.6 Å². The van der Waals surface area contributed by atoms with E-state index in [1.165, 1.54) is 0 Å². The van der Waals surface area contributed by atoms with Crippen LogP contribution < -0.4 is 10.1 Å². The maximum Gasteiger partial charge on any atom is 0.222 e. The van der Waals surface area contributed by atoms with E-state index in [4.69, 9.17) is 9.47 Å². The molecule has 2 aliphatic heterocycles. The predicted octanol–water partition coefficient (Wildman–Crippen LogP) is 1.95. The molecule has 0 bridgehead atoms. The summed E-state index contributed by atoms with van der Waals surface area (Å²) in [5.41, 5.74) is 3.08. The monoisotopic (exact) mass is 370 g/mol. The maximum atomic E-state index is 9.36. The fourth-order valence-corrected chi connectivity index (χ4v) is 3.53. The summed E-state index contributed by atoms with van der Waals surface area (Å²) in [5.74, 6) is 1.55. The van der Waals surface area contributed by atoms with Crippen LogP contribution in [0.2, 0.25) is 0 Å². The van der Waals surface area contributed by atoms with E-state index in [2.05, 4.69) is 20.2 Å². The maximum absolute atomic E-state index is 9.36. The first kappa shape index (κ1) is 18.2. The number of nitrogens with one attached hydrogen (secondary N) is 1. The molecule has 2 aliphatic rings. The van der Waals surface area contributed by atoms with Crippen LogP contribution in [0.25, 0.3) is 0 Å². The number of nitrogens with zero attached hydrogens (tertiary/aromatic N) is 3. The van der Waals surface area contributed by atoms with Crippen LogP contribution in [0.5, 0.6) is 5.75 Å². The summed E-state index contributed by atoms with van der Waals surface area (Å²) in [4.78, 5) is 11.2. The summed E-state index contributed by atoms with van der Waals surface area (Å²) >= 11 is 0. The smallest absolute Gasteiger partial charge is 0.222 e. The Balaban J connectivity index is 1.35. The Morgan fingerprint density at radius 1 is 1.19 bits per heavy atom. The van der Waals surface area contributed by atoms with Crippen LogP contribution in [-0.2, 0) is 24.4 Å². The molecule has 0 aliphatic carbocycles. The van der Waals surface area contributed by atoms with Gasteiger partial charge in [0.05, 0.1) is 12.7 Å². The van der Waals surface area contributed by atoms with Crippen molar-refractivity contribution in [3.63, 3.8) is 0 Å². The first-order chi connectivity index (χ1) is 13.3. The second-order valence-electron chi connectivity index (χ2n) is 7.09. The third kappa shape index (κ3) is 4.74. The second kappa shape index (κ2) is 8.65. The van der Waals surface area contributed by atoms with Crippen molar-refractivity contribution in [1.82, 2.24) is 14.9 Å². The molecule has 4 rings (SSSR count). The van der Waals surface area contributed by atoms with Gasteiger partial charge in [0.1, 0.15) is 12.4 Å². The molecule has 1 fully saturated rings. The van der Waals surface area contributed by atoms with Crippen molar-refractivity contribution >= 4 is 5.95 Å². The zero-order valence-electron chi connectivity index (χ0n) is 15.4. The lowest BCUT2D eigenvalue weighted by atomic mass is 10.1. The highest BCUT2D eigenvalue weighted by atomic mass is 16.5. The Bertz CT molecular complexity index is 747. The van der Waals surface area contributed by atoms with Gasteiger partial charge >= 0.3 is 0 Å². The largest absolute Gasteiger partial charge is 0.492 e. The topological polar surface area (TPSA) is 79.7 Å². The zero-order valence-corrected chi connectivity index (χ0v) is 15.4. The molecule has 144 valence electrons. The van der Waals surface area contributed by atoms with Gasteiger partial charge in [0.2, 0.25) is 5.95 Å². The van der Waals surface area contributed by atoms with Gasteiger partial charge in [-0.3, -0.25) is 4.90 Å². The van der Waals surface area contributed by atoms with E-state index in [9.17, 15) is 5.11 Å². The molecule has 0 unspecified atom stereocenters. The van der Waals surface area contributed by atoms with E-state index >= 15 is 0 Å². The molecule has 0 radical (unpaired) electrons. The molecule has 7 nitrogen and oxygen atoms in total. The first-order valence-electron chi connectivity index (χ1n) is 9.54. The third-order valence-electron chi connectivity index (χ3n) is 4.99. The average molecular weight is 370 g/mol. The molecule has 1 aromatic heterocycles. The number of aliphatic hydroxyl groups excluding tert-OH is 1. The van der Waals surface area contributed by atoms with Gasteiger partial charge < -0.3 is 19.9 Å². The highest BCUT2D eigenvalue weighted by molar-refractivity contribution is 5.37. The molecule has 2 N–H and O–H groups in total. The van der Waals surface area contributed by atoms with Crippen molar-refractivity contribution in [2.75, 3.05) is 31.6 Å². The molecular weight excluding hydrogens is 344 g/mol. The van der Waals surface area contributed by atoms with Gasteiger partial charge in [-0.05, 0) is 30.5 Å². The van der Waals surface area contributed by atoms with Gasteiger partial charge in [0, 0.05) is 56.3 Å². The summed E-state index contributed by atoms with van der Waals surface area (Å²) in [6.07, 6.45) is 6.26. The molecule has 0 spiro atoms. The quantitative estimate of drug-likeness (QED) is 0.804. The van der Waals surface area contributed by atoms with E-state index < -0.39 is 0 Å². The molecule has 1 aromatic carbocycles. The van der Waals surface area contributed by atoms with Crippen LogP contribution in [0, 0.1) is 0 Å². The molecule has 1 atom stereocenters. The van der Waals surface area contributed by atoms with Gasteiger partial charge in [0.25, 0.3) is 0 Å². The first-order valence-corrected chi connectivity index (χ1v) is 9.54. The number of hydrogen-bond acceptors (Lipinski definition) is 7. The molecule has 27 heavy (non-hydrogen) atoms. The van der Waals surface area contributed by atoms with Crippen molar-refractivity contribution in [1.29, 1.82) is 0 Å². The predicted molar refractivity (Wildman–Crippen MR) is 101 cm³/mol. The Labute approximate surface area is 159 Å². The minimum absolute atomic E-state index is 0.0431. The normalized spacial score (nSPS) is 20.0. The van der Waals surface area contributed by atoms with Crippen molar-refractivity contribution in [3.8, 4) is 5.75 Å². The average Bonchev–Trinajstić information content (AvgIpc) is 3.14. The van der Waals surface area contributed by atoms with Gasteiger partial charge in [-0.25, -0.2) is 9.97 Å². The van der Waals surface area contributed by atoms with Gasteiger partial charge in [-0.15, -0.1) is 0 Å².